The molecule has 0 aromatic carbocycles. The number of anilines is 1. The number of nitrogens with zero attached hydrogens (tertiary/aromatic N) is 4. The van der Waals surface area contributed by atoms with Crippen molar-refractivity contribution in [1.82, 2.24) is 25.0 Å². The Kier molecular flexibility index (Phi) is 6.01. The maximum absolute atomic E-state index is 12.5. The molecule has 1 fully saturated rings. The normalized spacial score (nSPS) is 16.2. The van der Waals surface area contributed by atoms with E-state index in [1.807, 2.05) is 27.8 Å². The molecule has 26 heavy (non-hydrogen) atoms. The molecule has 1 saturated carbocycles. The minimum absolute atomic E-state index is 0.0634. The summed E-state index contributed by atoms with van der Waals surface area (Å²) in [7, 11) is 1.87. The summed E-state index contributed by atoms with van der Waals surface area (Å²) in [6.07, 6.45) is 7.54. The van der Waals surface area contributed by atoms with Crippen molar-refractivity contribution >= 4 is 23.4 Å². The number of hydrogen-bond donors (Lipinski definition) is 2. The number of aryl methyl sites for hydroxylation is 3. The Morgan fingerprint density at radius 1 is 1.38 bits per heavy atom. The van der Waals surface area contributed by atoms with Crippen LogP contribution in [0.25, 0.3) is 0 Å². The van der Waals surface area contributed by atoms with Crippen molar-refractivity contribution in [1.29, 1.82) is 0 Å². The van der Waals surface area contributed by atoms with Gasteiger partial charge in [-0.25, -0.2) is 4.98 Å². The average Bonchev–Trinajstić information content (AvgIpc) is 3.32. The van der Waals surface area contributed by atoms with Crippen LogP contribution >= 0.6 is 11.8 Å². The van der Waals surface area contributed by atoms with Crippen molar-refractivity contribution in [2.75, 3.05) is 5.32 Å². The van der Waals surface area contributed by atoms with Crippen LogP contribution in [0.5, 0.6) is 0 Å². The van der Waals surface area contributed by atoms with Crippen LogP contribution in [0.1, 0.15) is 56.2 Å². The van der Waals surface area contributed by atoms with Gasteiger partial charge in [-0.15, -0.1) is 5.10 Å². The highest BCUT2D eigenvalue weighted by molar-refractivity contribution is 8.00. The Balaban J connectivity index is 1.52. The van der Waals surface area contributed by atoms with E-state index in [4.69, 9.17) is 0 Å². The molecule has 8 heteroatoms. The summed E-state index contributed by atoms with van der Waals surface area (Å²) in [5.41, 5.74) is 2.56. The molecule has 1 atom stereocenters. The Labute approximate surface area is 158 Å². The molecule has 142 valence electrons. The monoisotopic (exact) mass is 376 g/mol. The van der Waals surface area contributed by atoms with Crippen molar-refractivity contribution in [2.45, 2.75) is 69.7 Å². The average molecular weight is 377 g/mol. The standard InChI is InChI=1S/C18H28N6OS/c1-11-16(12(2)24(4)23-11)20-17(25)13(3)26-18-19-15(21-22-18)10-9-14-7-5-6-8-14/h13-14H,5-10H2,1-4H3,(H,20,25)(H,19,21,22). The second-order valence-electron chi connectivity index (χ2n) is 7.17. The van der Waals surface area contributed by atoms with Gasteiger partial charge < -0.3 is 5.32 Å². The number of hydrogen-bond acceptors (Lipinski definition) is 5. The number of carbonyl (C=O) groups is 1. The highest BCUT2D eigenvalue weighted by Crippen LogP contribution is 2.29. The summed E-state index contributed by atoms with van der Waals surface area (Å²) in [6, 6.07) is 0. The fourth-order valence-corrected chi connectivity index (χ4v) is 4.22. The van der Waals surface area contributed by atoms with Crippen molar-refractivity contribution in [3.63, 3.8) is 0 Å². The molecule has 7 nitrogen and oxygen atoms in total. The fourth-order valence-electron chi connectivity index (χ4n) is 3.47. The van der Waals surface area contributed by atoms with Gasteiger partial charge in [-0.1, -0.05) is 37.4 Å². The lowest BCUT2D eigenvalue weighted by atomic mass is 10.0. The van der Waals surface area contributed by atoms with E-state index < -0.39 is 0 Å². The van der Waals surface area contributed by atoms with Gasteiger partial charge >= 0.3 is 0 Å². The Hall–Kier alpha value is -1.83. The smallest absolute Gasteiger partial charge is 0.237 e. The number of aromatic nitrogens is 5. The molecular formula is C18H28N6OS. The molecule has 0 radical (unpaired) electrons. The highest BCUT2D eigenvalue weighted by atomic mass is 32.2. The quantitative estimate of drug-likeness (QED) is 0.723. The zero-order valence-corrected chi connectivity index (χ0v) is 16.8. The molecular weight excluding hydrogens is 348 g/mol. The molecule has 2 N–H and O–H groups in total. The van der Waals surface area contributed by atoms with E-state index in [1.54, 1.807) is 4.68 Å². The maximum Gasteiger partial charge on any atom is 0.237 e. The predicted octanol–water partition coefficient (Wildman–Crippen LogP) is 3.40. The first-order chi connectivity index (χ1) is 12.4. The number of nitrogens with one attached hydrogen (secondary N) is 2. The topological polar surface area (TPSA) is 88.5 Å². The van der Waals surface area contributed by atoms with E-state index in [0.717, 1.165) is 35.2 Å². The molecule has 3 rings (SSSR count). The number of amides is 1. The van der Waals surface area contributed by atoms with Gasteiger partial charge in [0.25, 0.3) is 0 Å². The van der Waals surface area contributed by atoms with Crippen LogP contribution in [-0.2, 0) is 18.3 Å². The van der Waals surface area contributed by atoms with E-state index >= 15 is 0 Å². The van der Waals surface area contributed by atoms with Crippen molar-refractivity contribution in [3.8, 4) is 0 Å². The molecule has 1 aliphatic rings. The Morgan fingerprint density at radius 2 is 2.12 bits per heavy atom. The number of aromatic amines is 1. The zero-order chi connectivity index (χ0) is 18.7. The van der Waals surface area contributed by atoms with Crippen molar-refractivity contribution in [3.05, 3.63) is 17.2 Å². The maximum atomic E-state index is 12.5. The van der Waals surface area contributed by atoms with E-state index in [9.17, 15) is 4.79 Å². The summed E-state index contributed by atoms with van der Waals surface area (Å²) >= 11 is 1.38. The van der Waals surface area contributed by atoms with Gasteiger partial charge in [0.1, 0.15) is 5.82 Å². The van der Waals surface area contributed by atoms with Crippen LogP contribution in [0.3, 0.4) is 0 Å². The number of carbonyl (C=O) groups excluding carboxylic acids is 1. The predicted molar refractivity (Wildman–Crippen MR) is 103 cm³/mol. The minimum atomic E-state index is -0.285. The van der Waals surface area contributed by atoms with Crippen LogP contribution in [-0.4, -0.2) is 36.1 Å². The summed E-state index contributed by atoms with van der Waals surface area (Å²) in [5, 5.41) is 14.9. The fraction of sp³-hybridized carbons (Fsp3) is 0.667. The summed E-state index contributed by atoms with van der Waals surface area (Å²) in [4.78, 5) is 17.0. The van der Waals surface area contributed by atoms with Gasteiger partial charge in [0.15, 0.2) is 0 Å². The lowest BCUT2D eigenvalue weighted by Crippen LogP contribution is -2.23. The molecule has 1 amide bonds. The Bertz CT molecular complexity index is 762. The highest BCUT2D eigenvalue weighted by Gasteiger charge is 2.21. The molecule has 1 unspecified atom stereocenters. The Morgan fingerprint density at radius 3 is 2.77 bits per heavy atom. The molecule has 1 aliphatic carbocycles. The van der Waals surface area contributed by atoms with Crippen LogP contribution in [0.4, 0.5) is 5.69 Å². The van der Waals surface area contributed by atoms with Gasteiger partial charge in [0.2, 0.25) is 11.1 Å². The third kappa shape index (κ3) is 4.47. The number of rotatable bonds is 7. The van der Waals surface area contributed by atoms with E-state index in [1.165, 1.54) is 43.9 Å². The largest absolute Gasteiger partial charge is 0.322 e. The molecule has 2 heterocycles. The first-order valence-corrected chi connectivity index (χ1v) is 10.2. The lowest BCUT2D eigenvalue weighted by Gasteiger charge is -2.10. The molecule has 2 aromatic heterocycles. The second kappa shape index (κ2) is 8.24. The summed E-state index contributed by atoms with van der Waals surface area (Å²) in [5.74, 6) is 1.70. The van der Waals surface area contributed by atoms with E-state index in [-0.39, 0.29) is 11.2 Å². The first kappa shape index (κ1) is 18.9. The molecule has 0 bridgehead atoms. The van der Waals surface area contributed by atoms with Gasteiger partial charge in [0, 0.05) is 13.5 Å². The first-order valence-electron chi connectivity index (χ1n) is 9.33. The van der Waals surface area contributed by atoms with Crippen molar-refractivity contribution in [2.24, 2.45) is 13.0 Å². The summed E-state index contributed by atoms with van der Waals surface area (Å²) < 4.78 is 1.77. The van der Waals surface area contributed by atoms with Gasteiger partial charge in [-0.05, 0) is 33.1 Å². The third-order valence-corrected chi connectivity index (χ3v) is 6.14. The SMILES string of the molecule is Cc1nn(C)c(C)c1NC(=O)C(C)Sc1n[nH]c(CCC2CCCC2)n1. The zero-order valence-electron chi connectivity index (χ0n) is 16.0. The van der Waals surface area contributed by atoms with Crippen LogP contribution in [0, 0.1) is 19.8 Å². The number of thioether (sulfide) groups is 1. The molecule has 0 spiro atoms. The minimum Gasteiger partial charge on any atom is -0.322 e. The van der Waals surface area contributed by atoms with Crippen LogP contribution in [0.2, 0.25) is 0 Å². The van der Waals surface area contributed by atoms with Gasteiger partial charge in [-0.2, -0.15) is 5.10 Å². The van der Waals surface area contributed by atoms with Crippen LogP contribution < -0.4 is 5.32 Å². The molecule has 0 saturated heterocycles. The molecule has 2 aromatic rings. The van der Waals surface area contributed by atoms with Gasteiger partial charge in [-0.3, -0.25) is 14.6 Å². The van der Waals surface area contributed by atoms with Crippen LogP contribution in [0.15, 0.2) is 5.16 Å². The van der Waals surface area contributed by atoms with E-state index in [2.05, 4.69) is 25.6 Å². The molecule has 0 aliphatic heterocycles. The van der Waals surface area contributed by atoms with E-state index in [0.29, 0.717) is 5.16 Å². The lowest BCUT2D eigenvalue weighted by molar-refractivity contribution is -0.115. The summed E-state index contributed by atoms with van der Waals surface area (Å²) in [6.45, 7) is 5.71. The van der Waals surface area contributed by atoms with Crippen molar-refractivity contribution < 1.29 is 4.79 Å². The third-order valence-electron chi connectivity index (χ3n) is 5.18. The second-order valence-corrected chi connectivity index (χ2v) is 8.48. The van der Waals surface area contributed by atoms with Gasteiger partial charge in [0.05, 0.1) is 22.3 Å². The number of H-pyrrole nitrogens is 1.